The summed E-state index contributed by atoms with van der Waals surface area (Å²) in [6, 6.07) is 82.1. The summed E-state index contributed by atoms with van der Waals surface area (Å²) >= 11 is 0. The van der Waals surface area contributed by atoms with Gasteiger partial charge in [0.15, 0.2) is 0 Å². The van der Waals surface area contributed by atoms with Crippen molar-refractivity contribution in [1.29, 1.82) is 5.26 Å². The van der Waals surface area contributed by atoms with Crippen LogP contribution >= 0.6 is 0 Å². The number of fused-ring (bicyclic) bond motifs is 6. The Morgan fingerprint density at radius 3 is 1.62 bits per heavy atom. The van der Waals surface area contributed by atoms with E-state index in [9.17, 15) is 5.26 Å². The predicted molar refractivity (Wildman–Crippen MR) is 286 cm³/mol. The molecule has 0 saturated carbocycles. The van der Waals surface area contributed by atoms with E-state index in [0.29, 0.717) is 11.3 Å². The first-order valence-electron chi connectivity index (χ1n) is 23.1. The molecule has 5 heteroatoms. The summed E-state index contributed by atoms with van der Waals surface area (Å²) in [6.45, 7) is 4.97. The molecule has 0 fully saturated rings. The molecular weight excluding hydrogens is 846 g/mol. The second-order valence-electron chi connectivity index (χ2n) is 18.1. The lowest BCUT2D eigenvalue weighted by Gasteiger charge is -2.36. The summed E-state index contributed by atoms with van der Waals surface area (Å²) in [5, 5.41) is 19.5. The number of hydrogen-bond acceptors (Lipinski definition) is 3. The molecule has 1 aliphatic heterocycles. The van der Waals surface area contributed by atoms with Crippen LogP contribution in [0.2, 0.25) is 13.1 Å². The average molecular weight is 890 g/mol. The van der Waals surface area contributed by atoms with Gasteiger partial charge >= 0.3 is 0 Å². The van der Waals surface area contributed by atoms with Crippen LogP contribution in [0.4, 0.5) is 38.5 Å². The fourth-order valence-corrected chi connectivity index (χ4v) is 13.8. The normalized spacial score (nSPS) is 12.4. The summed E-state index contributed by atoms with van der Waals surface area (Å²) in [5.74, 6) is -0.350. The van der Waals surface area contributed by atoms with Crippen molar-refractivity contribution >= 4 is 84.9 Å². The molecule has 0 saturated heterocycles. The van der Waals surface area contributed by atoms with Gasteiger partial charge in [-0.15, -0.1) is 0 Å². The number of hydrogen-bond donors (Lipinski definition) is 0. The van der Waals surface area contributed by atoms with Gasteiger partial charge in [-0.05, 0) is 150 Å². The quantitative estimate of drug-likeness (QED) is 0.112. The first-order valence-corrected chi connectivity index (χ1v) is 26.1. The Hall–Kier alpha value is -8.56. The predicted octanol–water partition coefficient (Wildman–Crippen LogP) is 16.2. The minimum absolute atomic E-state index is 0.350. The number of rotatable bonds is 8. The average Bonchev–Trinajstić information content (AvgIpc) is 3.39. The molecule has 0 N–H and O–H groups in total. The Morgan fingerprint density at radius 1 is 0.397 bits per heavy atom. The van der Waals surface area contributed by atoms with Gasteiger partial charge in [-0.3, -0.25) is 0 Å². The lowest BCUT2D eigenvalue weighted by Crippen LogP contribution is -2.56. The molecule has 0 radical (unpaired) electrons. The molecule has 11 aromatic rings. The molecule has 322 valence electrons. The van der Waals surface area contributed by atoms with Crippen LogP contribution in [-0.4, -0.2) is 8.07 Å². The number of nitrogens with zero attached hydrogens (tertiary/aromatic N) is 3. The number of halogens is 1. The Bertz CT molecular complexity index is 3730. The molecule has 0 aromatic heterocycles. The van der Waals surface area contributed by atoms with Gasteiger partial charge in [0.25, 0.3) is 0 Å². The Labute approximate surface area is 396 Å². The smallest absolute Gasteiger partial charge is 0.148 e. The van der Waals surface area contributed by atoms with Crippen molar-refractivity contribution in [3.8, 4) is 39.4 Å². The molecule has 0 amide bonds. The van der Waals surface area contributed by atoms with E-state index >= 15 is 4.39 Å². The lowest BCUT2D eigenvalue weighted by atomic mass is 9.89. The molecule has 68 heavy (non-hydrogen) atoms. The molecule has 0 atom stereocenters. The van der Waals surface area contributed by atoms with Crippen molar-refractivity contribution in [2.24, 2.45) is 0 Å². The summed E-state index contributed by atoms with van der Waals surface area (Å²) < 4.78 is 17.8. The molecular formula is C63H44FN3Si. The zero-order chi connectivity index (χ0) is 45.9. The van der Waals surface area contributed by atoms with Crippen LogP contribution in [0, 0.1) is 17.1 Å². The third kappa shape index (κ3) is 6.68. The minimum atomic E-state index is -2.33. The molecule has 1 heterocycles. The van der Waals surface area contributed by atoms with Gasteiger partial charge in [-0.1, -0.05) is 159 Å². The topological polar surface area (TPSA) is 30.3 Å². The van der Waals surface area contributed by atoms with Gasteiger partial charge < -0.3 is 9.80 Å². The first-order chi connectivity index (χ1) is 33.4. The molecule has 0 bridgehead atoms. The van der Waals surface area contributed by atoms with Crippen LogP contribution < -0.4 is 20.2 Å². The maximum absolute atomic E-state index is 17.8. The van der Waals surface area contributed by atoms with Gasteiger partial charge in [0.2, 0.25) is 0 Å². The van der Waals surface area contributed by atoms with Crippen LogP contribution in [0.15, 0.2) is 231 Å². The van der Waals surface area contributed by atoms with Crippen molar-refractivity contribution in [3.63, 3.8) is 0 Å². The summed E-state index contributed by atoms with van der Waals surface area (Å²) in [7, 11) is -2.33. The SMILES string of the molecule is C[Si]1(C)c2cc(N(c3ccccc3)c3ccccc3)ccc2-c2cc3c4ccccc4c(N(c4ccc(C#N)cc4)c4c(F)cc(-c5ccccc5)cc4-c4ccccc4)cc3c3cccc1c23. The van der Waals surface area contributed by atoms with E-state index in [1.54, 1.807) is 6.07 Å². The number of para-hydroxylation sites is 2. The highest BCUT2D eigenvalue weighted by Crippen LogP contribution is 2.50. The van der Waals surface area contributed by atoms with E-state index in [1.165, 1.54) is 32.3 Å². The standard InChI is InChI=1S/C63H44FN3Si/c1-68(2)60-29-17-28-53-56-40-59(67(48-32-30-42(41-65)31-33-48)63-54(44-20-9-4-10-21-44)36-45(37-58(63)64)43-18-7-3-8-19-43)51-27-16-15-26-50(51)55(56)39-57(62(53)60)52-35-34-49(38-61(52)68)66(46-22-11-5-12-23-46)47-24-13-6-14-25-47/h3-40H,1-2H3. The molecule has 0 spiro atoms. The van der Waals surface area contributed by atoms with Crippen molar-refractivity contribution in [2.45, 2.75) is 13.1 Å². The van der Waals surface area contributed by atoms with Gasteiger partial charge in [0.05, 0.1) is 23.0 Å². The summed E-state index contributed by atoms with van der Waals surface area (Å²) in [6.07, 6.45) is 0. The molecule has 12 rings (SSSR count). The number of benzene rings is 11. The fraction of sp³-hybridized carbons (Fsp3) is 0.0317. The lowest BCUT2D eigenvalue weighted by molar-refractivity contribution is 0.630. The van der Waals surface area contributed by atoms with E-state index < -0.39 is 8.07 Å². The molecule has 1 aliphatic rings. The Kier molecular flexibility index (Phi) is 9.86. The zero-order valence-electron chi connectivity index (χ0n) is 37.7. The van der Waals surface area contributed by atoms with E-state index in [0.717, 1.165) is 72.2 Å². The first kappa shape index (κ1) is 40.9. The van der Waals surface area contributed by atoms with Crippen LogP contribution in [0.5, 0.6) is 0 Å². The van der Waals surface area contributed by atoms with Crippen molar-refractivity contribution < 1.29 is 4.39 Å². The highest BCUT2D eigenvalue weighted by Gasteiger charge is 2.37. The Morgan fingerprint density at radius 2 is 0.956 bits per heavy atom. The maximum Gasteiger partial charge on any atom is 0.148 e. The molecule has 11 aromatic carbocycles. The van der Waals surface area contributed by atoms with E-state index in [4.69, 9.17) is 0 Å². The van der Waals surface area contributed by atoms with Gasteiger partial charge in [-0.25, -0.2) is 4.39 Å². The van der Waals surface area contributed by atoms with Crippen molar-refractivity contribution in [3.05, 3.63) is 242 Å². The molecule has 0 unspecified atom stereocenters. The largest absolute Gasteiger partial charge is 0.311 e. The second kappa shape index (κ2) is 16.4. The van der Waals surface area contributed by atoms with Crippen LogP contribution in [-0.2, 0) is 0 Å². The maximum atomic E-state index is 17.8. The summed E-state index contributed by atoms with van der Waals surface area (Å²) in [4.78, 5) is 4.43. The highest BCUT2D eigenvalue weighted by molar-refractivity contribution is 7.03. The minimum Gasteiger partial charge on any atom is -0.311 e. The third-order valence-corrected chi connectivity index (χ3v) is 17.4. The fourth-order valence-electron chi connectivity index (χ4n) is 10.7. The van der Waals surface area contributed by atoms with E-state index in [2.05, 4.69) is 168 Å². The molecule has 0 aliphatic carbocycles. The van der Waals surface area contributed by atoms with Gasteiger partial charge in [0.1, 0.15) is 13.9 Å². The number of nitriles is 1. The van der Waals surface area contributed by atoms with E-state index in [-0.39, 0.29) is 5.82 Å². The van der Waals surface area contributed by atoms with E-state index in [1.807, 2.05) is 84.9 Å². The van der Waals surface area contributed by atoms with Crippen molar-refractivity contribution in [1.82, 2.24) is 0 Å². The number of anilines is 6. The molecule has 3 nitrogen and oxygen atoms in total. The van der Waals surface area contributed by atoms with Crippen molar-refractivity contribution in [2.75, 3.05) is 9.80 Å². The zero-order valence-corrected chi connectivity index (χ0v) is 38.7. The van der Waals surface area contributed by atoms with Crippen LogP contribution in [0.1, 0.15) is 5.56 Å². The van der Waals surface area contributed by atoms with Gasteiger partial charge in [0, 0.05) is 33.7 Å². The monoisotopic (exact) mass is 889 g/mol. The highest BCUT2D eigenvalue weighted by atomic mass is 28.3. The third-order valence-electron chi connectivity index (χ3n) is 13.9. The van der Waals surface area contributed by atoms with Crippen LogP contribution in [0.3, 0.4) is 0 Å². The van der Waals surface area contributed by atoms with Gasteiger partial charge in [-0.2, -0.15) is 5.26 Å². The summed E-state index contributed by atoms with van der Waals surface area (Å²) in [5.41, 5.74) is 11.8. The second-order valence-corrected chi connectivity index (χ2v) is 22.5. The Balaban J connectivity index is 1.13. The van der Waals surface area contributed by atoms with Crippen LogP contribution in [0.25, 0.3) is 65.7 Å².